The standard InChI is InChI=1S/C7H7BrF2N2O/c1-4-11-2-5(8)7(13)12(4)3-6(9)10/h2,6H,3H2,1H3. The van der Waals surface area contributed by atoms with Crippen LogP contribution in [0.1, 0.15) is 5.82 Å². The molecule has 6 heteroatoms. The molecule has 0 atom stereocenters. The number of nitrogens with zero attached hydrogens (tertiary/aromatic N) is 2. The Morgan fingerprint density at radius 3 is 2.85 bits per heavy atom. The van der Waals surface area contributed by atoms with Crippen molar-refractivity contribution < 1.29 is 8.78 Å². The molecule has 0 saturated heterocycles. The Kier molecular flexibility index (Phi) is 3.13. The maximum atomic E-state index is 12.0. The lowest BCUT2D eigenvalue weighted by Gasteiger charge is -2.07. The number of hydrogen-bond acceptors (Lipinski definition) is 2. The van der Waals surface area contributed by atoms with Gasteiger partial charge in [0.15, 0.2) is 0 Å². The minimum atomic E-state index is -2.55. The van der Waals surface area contributed by atoms with Gasteiger partial charge in [-0.3, -0.25) is 9.36 Å². The second kappa shape index (κ2) is 3.95. The van der Waals surface area contributed by atoms with Gasteiger partial charge in [-0.15, -0.1) is 0 Å². The van der Waals surface area contributed by atoms with E-state index in [1.54, 1.807) is 0 Å². The van der Waals surface area contributed by atoms with Crippen molar-refractivity contribution in [1.82, 2.24) is 9.55 Å². The molecule has 0 aliphatic carbocycles. The van der Waals surface area contributed by atoms with Crippen molar-refractivity contribution in [2.24, 2.45) is 0 Å². The Hall–Kier alpha value is -0.780. The van der Waals surface area contributed by atoms with Crippen LogP contribution in [0.15, 0.2) is 15.5 Å². The van der Waals surface area contributed by atoms with Crippen LogP contribution in [0.4, 0.5) is 8.78 Å². The van der Waals surface area contributed by atoms with Gasteiger partial charge in [0.1, 0.15) is 10.3 Å². The minimum Gasteiger partial charge on any atom is -0.290 e. The third-order valence-corrected chi connectivity index (χ3v) is 2.07. The van der Waals surface area contributed by atoms with E-state index in [9.17, 15) is 13.6 Å². The van der Waals surface area contributed by atoms with Crippen molar-refractivity contribution in [2.45, 2.75) is 19.9 Å². The van der Waals surface area contributed by atoms with Crippen molar-refractivity contribution in [3.63, 3.8) is 0 Å². The molecule has 0 aliphatic heterocycles. The Labute approximate surface area is 81.5 Å². The first-order chi connectivity index (χ1) is 6.02. The quantitative estimate of drug-likeness (QED) is 0.801. The smallest absolute Gasteiger partial charge is 0.267 e. The van der Waals surface area contributed by atoms with Crippen LogP contribution in [0, 0.1) is 6.92 Å². The summed E-state index contributed by atoms with van der Waals surface area (Å²) < 4.78 is 25.2. The normalized spacial score (nSPS) is 10.8. The largest absolute Gasteiger partial charge is 0.290 e. The van der Waals surface area contributed by atoms with Gasteiger partial charge in [0, 0.05) is 6.20 Å². The molecule has 72 valence electrons. The molecule has 0 spiro atoms. The van der Waals surface area contributed by atoms with E-state index in [0.29, 0.717) is 0 Å². The summed E-state index contributed by atoms with van der Waals surface area (Å²) >= 11 is 2.93. The molecule has 0 fully saturated rings. The number of hydrogen-bond donors (Lipinski definition) is 0. The first-order valence-corrected chi connectivity index (χ1v) is 4.31. The predicted octanol–water partition coefficient (Wildman–Crippen LogP) is 1.58. The Morgan fingerprint density at radius 1 is 1.69 bits per heavy atom. The summed E-state index contributed by atoms with van der Waals surface area (Å²) in [6, 6.07) is 0. The fourth-order valence-corrected chi connectivity index (χ4v) is 1.22. The van der Waals surface area contributed by atoms with E-state index in [2.05, 4.69) is 20.9 Å². The van der Waals surface area contributed by atoms with E-state index in [0.717, 1.165) is 4.57 Å². The number of aromatic nitrogens is 2. The van der Waals surface area contributed by atoms with Crippen LogP contribution in [0.5, 0.6) is 0 Å². The third kappa shape index (κ3) is 2.33. The van der Waals surface area contributed by atoms with Gasteiger partial charge in [-0.2, -0.15) is 0 Å². The van der Waals surface area contributed by atoms with Crippen molar-refractivity contribution in [3.05, 3.63) is 26.8 Å². The van der Waals surface area contributed by atoms with Crippen LogP contribution in [0.2, 0.25) is 0 Å². The molecule has 0 aliphatic rings. The topological polar surface area (TPSA) is 34.9 Å². The van der Waals surface area contributed by atoms with Crippen molar-refractivity contribution >= 4 is 15.9 Å². The van der Waals surface area contributed by atoms with E-state index in [1.165, 1.54) is 13.1 Å². The summed E-state index contributed by atoms with van der Waals surface area (Å²) in [6.07, 6.45) is -1.24. The molecule has 0 N–H and O–H groups in total. The zero-order valence-electron chi connectivity index (χ0n) is 6.80. The molecular formula is C7H7BrF2N2O. The summed E-state index contributed by atoms with van der Waals surface area (Å²) in [4.78, 5) is 15.0. The lowest BCUT2D eigenvalue weighted by molar-refractivity contribution is 0.123. The number of aryl methyl sites for hydroxylation is 1. The summed E-state index contributed by atoms with van der Waals surface area (Å²) in [5.74, 6) is 0.286. The molecule has 0 bridgehead atoms. The molecular weight excluding hydrogens is 246 g/mol. The minimum absolute atomic E-state index is 0.193. The van der Waals surface area contributed by atoms with E-state index in [-0.39, 0.29) is 10.3 Å². The fraction of sp³-hybridized carbons (Fsp3) is 0.429. The molecule has 0 amide bonds. The molecule has 0 saturated carbocycles. The van der Waals surface area contributed by atoms with Gasteiger partial charge < -0.3 is 0 Å². The van der Waals surface area contributed by atoms with Gasteiger partial charge in [0.05, 0.1) is 6.54 Å². The van der Waals surface area contributed by atoms with E-state index in [4.69, 9.17) is 0 Å². The van der Waals surface area contributed by atoms with E-state index < -0.39 is 18.5 Å². The van der Waals surface area contributed by atoms with Gasteiger partial charge in [0.2, 0.25) is 0 Å². The molecule has 13 heavy (non-hydrogen) atoms. The second-order valence-corrected chi connectivity index (χ2v) is 3.31. The lowest BCUT2D eigenvalue weighted by Crippen LogP contribution is -2.26. The van der Waals surface area contributed by atoms with Crippen molar-refractivity contribution in [1.29, 1.82) is 0 Å². The summed E-state index contributed by atoms with van der Waals surface area (Å²) in [5.41, 5.74) is -0.479. The lowest BCUT2D eigenvalue weighted by atomic mass is 10.5. The van der Waals surface area contributed by atoms with Crippen LogP contribution in [0.25, 0.3) is 0 Å². The maximum Gasteiger partial charge on any atom is 0.267 e. The number of halogens is 3. The molecule has 0 unspecified atom stereocenters. The van der Waals surface area contributed by atoms with Crippen LogP contribution < -0.4 is 5.56 Å². The summed E-state index contributed by atoms with van der Waals surface area (Å²) in [5, 5.41) is 0. The Morgan fingerprint density at radius 2 is 2.31 bits per heavy atom. The predicted molar refractivity (Wildman–Crippen MR) is 46.9 cm³/mol. The second-order valence-electron chi connectivity index (χ2n) is 2.46. The van der Waals surface area contributed by atoms with Gasteiger partial charge in [-0.25, -0.2) is 13.8 Å². The van der Waals surface area contributed by atoms with Gasteiger partial charge >= 0.3 is 0 Å². The average Bonchev–Trinajstić information content (AvgIpc) is 2.05. The highest BCUT2D eigenvalue weighted by Crippen LogP contribution is 2.03. The third-order valence-electron chi connectivity index (χ3n) is 1.53. The first-order valence-electron chi connectivity index (χ1n) is 3.52. The van der Waals surface area contributed by atoms with Crippen molar-refractivity contribution in [3.8, 4) is 0 Å². The molecule has 1 aromatic rings. The SMILES string of the molecule is Cc1ncc(Br)c(=O)n1CC(F)F. The molecule has 1 aromatic heterocycles. The highest BCUT2D eigenvalue weighted by atomic mass is 79.9. The first kappa shape index (κ1) is 10.3. The zero-order chi connectivity index (χ0) is 10.0. The van der Waals surface area contributed by atoms with Gasteiger partial charge in [-0.05, 0) is 22.9 Å². The number of alkyl halides is 2. The average molecular weight is 253 g/mol. The van der Waals surface area contributed by atoms with Crippen LogP contribution >= 0.6 is 15.9 Å². The van der Waals surface area contributed by atoms with Crippen LogP contribution in [-0.4, -0.2) is 16.0 Å². The summed E-state index contributed by atoms with van der Waals surface area (Å²) in [6.45, 7) is 0.896. The Bertz CT molecular complexity index is 364. The Balaban J connectivity index is 3.18. The number of rotatable bonds is 2. The molecule has 1 heterocycles. The fourth-order valence-electron chi connectivity index (χ4n) is 0.904. The maximum absolute atomic E-state index is 12.0. The molecule has 0 aromatic carbocycles. The van der Waals surface area contributed by atoms with Crippen LogP contribution in [0.3, 0.4) is 0 Å². The molecule has 1 rings (SSSR count). The monoisotopic (exact) mass is 252 g/mol. The van der Waals surface area contributed by atoms with E-state index >= 15 is 0 Å². The zero-order valence-corrected chi connectivity index (χ0v) is 8.38. The molecule has 0 radical (unpaired) electrons. The van der Waals surface area contributed by atoms with Crippen molar-refractivity contribution in [2.75, 3.05) is 0 Å². The van der Waals surface area contributed by atoms with Crippen LogP contribution in [-0.2, 0) is 6.54 Å². The highest BCUT2D eigenvalue weighted by molar-refractivity contribution is 9.10. The highest BCUT2D eigenvalue weighted by Gasteiger charge is 2.10. The van der Waals surface area contributed by atoms with Gasteiger partial charge in [0.25, 0.3) is 12.0 Å². The van der Waals surface area contributed by atoms with Gasteiger partial charge in [-0.1, -0.05) is 0 Å². The van der Waals surface area contributed by atoms with E-state index in [1.807, 2.05) is 0 Å². The molecule has 3 nitrogen and oxygen atoms in total. The summed E-state index contributed by atoms with van der Waals surface area (Å²) in [7, 11) is 0.